The first-order valence-corrected chi connectivity index (χ1v) is 5.34. The number of ether oxygens (including phenoxy) is 2. The van der Waals surface area contributed by atoms with Crippen LogP contribution in [-0.4, -0.2) is 23.8 Å². The van der Waals surface area contributed by atoms with Crippen molar-refractivity contribution in [1.29, 1.82) is 5.41 Å². The Kier molecular flexibility index (Phi) is 5.07. The molecule has 0 radical (unpaired) electrons. The molecule has 1 aliphatic rings. The summed E-state index contributed by atoms with van der Waals surface area (Å²) in [6, 6.07) is 3.19. The Bertz CT molecular complexity index is 490. The summed E-state index contributed by atoms with van der Waals surface area (Å²) < 4.78 is 10.3. The fraction of sp³-hybridized carbons (Fsp3) is 0.200. The molecule has 19 heavy (non-hydrogen) atoms. The molecule has 0 amide bonds. The van der Waals surface area contributed by atoms with Crippen molar-refractivity contribution < 1.29 is 24.2 Å². The number of carboxylic acids is 1. The van der Waals surface area contributed by atoms with Gasteiger partial charge >= 0.3 is 0 Å². The Morgan fingerprint density at radius 2 is 2.11 bits per heavy atom. The van der Waals surface area contributed by atoms with E-state index >= 15 is 0 Å². The molecule has 1 aliphatic heterocycles. The van der Waals surface area contributed by atoms with E-state index in [2.05, 4.69) is 5.48 Å². The highest BCUT2D eigenvalue weighted by Crippen LogP contribution is 2.45. The van der Waals surface area contributed by atoms with Gasteiger partial charge in [-0.3, -0.25) is 10.2 Å². The fourth-order valence-electron chi connectivity index (χ4n) is 1.13. The Morgan fingerprint density at radius 1 is 1.53 bits per heavy atom. The first-order chi connectivity index (χ1) is 8.91. The first-order valence-electron chi connectivity index (χ1n) is 4.96. The summed E-state index contributed by atoms with van der Waals surface area (Å²) in [5.74, 6) is 0.0514. The Morgan fingerprint density at radius 3 is 2.68 bits per heavy atom. The lowest BCUT2D eigenvalue weighted by atomic mass is 10.3. The second-order valence-corrected chi connectivity index (χ2v) is 3.65. The molecule has 0 spiro atoms. The van der Waals surface area contributed by atoms with Gasteiger partial charge in [-0.2, -0.15) is 5.48 Å². The number of carboxylic acid groups (broad SMARTS) is 1. The quantitative estimate of drug-likeness (QED) is 0.362. The molecule has 0 saturated carbocycles. The summed E-state index contributed by atoms with van der Waals surface area (Å²) in [5, 5.41) is 14.8. The zero-order valence-corrected chi connectivity index (χ0v) is 10.7. The van der Waals surface area contributed by atoms with E-state index in [9.17, 15) is 0 Å². The minimum absolute atomic E-state index is 0.0928. The van der Waals surface area contributed by atoms with Crippen molar-refractivity contribution in [1.82, 2.24) is 5.48 Å². The van der Waals surface area contributed by atoms with Gasteiger partial charge in [0.2, 0.25) is 24.3 Å². The van der Waals surface area contributed by atoms with Crippen LogP contribution in [0.4, 0.5) is 0 Å². The van der Waals surface area contributed by atoms with E-state index in [0.29, 0.717) is 22.3 Å². The van der Waals surface area contributed by atoms with Crippen LogP contribution >= 0.6 is 11.6 Å². The van der Waals surface area contributed by atoms with Crippen LogP contribution in [0, 0.1) is 5.41 Å². The van der Waals surface area contributed by atoms with Gasteiger partial charge in [0.05, 0.1) is 5.02 Å². The molecular weight excluding hydrogens is 278 g/mol. The molecule has 8 nitrogen and oxygen atoms in total. The zero-order valence-electron chi connectivity index (χ0n) is 9.90. The molecule has 0 fully saturated rings. The van der Waals surface area contributed by atoms with Crippen LogP contribution in [0.3, 0.4) is 0 Å². The van der Waals surface area contributed by atoms with Crippen molar-refractivity contribution in [3.8, 4) is 17.2 Å². The molecule has 0 atom stereocenters. The second-order valence-electron chi connectivity index (χ2n) is 3.25. The number of guanidine groups is 1. The smallest absolute Gasteiger partial charge is 0.300 e. The van der Waals surface area contributed by atoms with Crippen LogP contribution in [0.15, 0.2) is 12.1 Å². The summed E-state index contributed by atoms with van der Waals surface area (Å²) in [4.78, 5) is 14.0. The van der Waals surface area contributed by atoms with Crippen molar-refractivity contribution in [3.05, 3.63) is 17.2 Å². The topological polar surface area (TPSA) is 127 Å². The SMILES string of the molecule is CC(=O)O.N=C(N)NOc1ccc(Cl)c2c1OCO2. The van der Waals surface area contributed by atoms with E-state index < -0.39 is 5.97 Å². The van der Waals surface area contributed by atoms with Crippen molar-refractivity contribution >= 4 is 23.5 Å². The highest BCUT2D eigenvalue weighted by molar-refractivity contribution is 6.32. The van der Waals surface area contributed by atoms with Crippen LogP contribution in [-0.2, 0) is 4.79 Å². The third-order valence-corrected chi connectivity index (χ3v) is 2.00. The number of aliphatic carboxylic acids is 1. The maximum Gasteiger partial charge on any atom is 0.300 e. The van der Waals surface area contributed by atoms with E-state index in [4.69, 9.17) is 47.0 Å². The predicted octanol–water partition coefficient (Wildman–Crippen LogP) is 0.936. The van der Waals surface area contributed by atoms with Gasteiger partial charge in [-0.05, 0) is 12.1 Å². The van der Waals surface area contributed by atoms with E-state index in [-0.39, 0.29) is 12.8 Å². The van der Waals surface area contributed by atoms with Gasteiger partial charge in [-0.1, -0.05) is 11.6 Å². The maximum absolute atomic E-state index is 9.00. The van der Waals surface area contributed by atoms with Crippen molar-refractivity contribution in [2.45, 2.75) is 6.92 Å². The number of benzene rings is 1. The number of hydrogen-bond donors (Lipinski definition) is 4. The lowest BCUT2D eigenvalue weighted by Crippen LogP contribution is -2.33. The summed E-state index contributed by atoms with van der Waals surface area (Å²) in [6.07, 6.45) is 0. The number of halogens is 1. The van der Waals surface area contributed by atoms with Crippen LogP contribution in [0.25, 0.3) is 0 Å². The Balaban J connectivity index is 0.000000399. The standard InChI is InChI=1S/C8H8ClN3O3.C2H4O2/c9-4-1-2-5(15-12-8(10)11)7-6(4)13-3-14-7;1-2(3)4/h1-2H,3H2,(H4,10,11,12);1H3,(H,3,4). The Hall–Kier alpha value is -2.35. The molecule has 1 heterocycles. The molecule has 5 N–H and O–H groups in total. The molecule has 0 bridgehead atoms. The Labute approximate surface area is 113 Å². The largest absolute Gasteiger partial charge is 0.481 e. The first kappa shape index (κ1) is 14.7. The normalized spacial score (nSPS) is 11.1. The van der Waals surface area contributed by atoms with Crippen molar-refractivity contribution in [3.63, 3.8) is 0 Å². The van der Waals surface area contributed by atoms with Crippen molar-refractivity contribution in [2.24, 2.45) is 5.73 Å². The molecule has 1 aromatic rings. The monoisotopic (exact) mass is 289 g/mol. The second kappa shape index (κ2) is 6.55. The zero-order chi connectivity index (χ0) is 14.4. The lowest BCUT2D eigenvalue weighted by Gasteiger charge is -2.08. The predicted molar refractivity (Wildman–Crippen MR) is 66.6 cm³/mol. The van der Waals surface area contributed by atoms with Gasteiger partial charge in [-0.15, -0.1) is 0 Å². The number of hydroxylamine groups is 1. The number of nitrogens with two attached hydrogens (primary N) is 1. The van der Waals surface area contributed by atoms with Gasteiger partial charge in [0.15, 0.2) is 5.75 Å². The third-order valence-electron chi connectivity index (χ3n) is 1.71. The highest BCUT2D eigenvalue weighted by atomic mass is 35.5. The van der Waals surface area contributed by atoms with Gasteiger partial charge in [0.25, 0.3) is 5.97 Å². The number of rotatable bonds is 2. The van der Waals surface area contributed by atoms with E-state index in [1.165, 1.54) is 0 Å². The van der Waals surface area contributed by atoms with E-state index in [1.807, 2.05) is 0 Å². The molecule has 104 valence electrons. The molecule has 0 saturated heterocycles. The molecule has 0 aromatic heterocycles. The average Bonchev–Trinajstić information content (AvgIpc) is 2.77. The van der Waals surface area contributed by atoms with Gasteiger partial charge in [0, 0.05) is 6.92 Å². The highest BCUT2D eigenvalue weighted by Gasteiger charge is 2.22. The molecule has 9 heteroatoms. The third kappa shape index (κ3) is 4.43. The number of carbonyl (C=O) groups is 1. The average molecular weight is 290 g/mol. The number of hydrogen-bond acceptors (Lipinski definition) is 5. The van der Waals surface area contributed by atoms with Crippen LogP contribution < -0.4 is 25.5 Å². The summed E-state index contributed by atoms with van der Waals surface area (Å²) in [6.45, 7) is 1.18. The van der Waals surface area contributed by atoms with Crippen LogP contribution in [0.5, 0.6) is 17.2 Å². The van der Waals surface area contributed by atoms with E-state index in [0.717, 1.165) is 6.92 Å². The van der Waals surface area contributed by atoms with Gasteiger partial charge in [0.1, 0.15) is 0 Å². The fourth-order valence-corrected chi connectivity index (χ4v) is 1.33. The summed E-state index contributed by atoms with van der Waals surface area (Å²) in [7, 11) is 0. The van der Waals surface area contributed by atoms with Crippen molar-refractivity contribution in [2.75, 3.05) is 6.79 Å². The molecule has 1 aromatic carbocycles. The maximum atomic E-state index is 9.00. The number of nitrogens with one attached hydrogen (secondary N) is 2. The summed E-state index contributed by atoms with van der Waals surface area (Å²) in [5.41, 5.74) is 7.26. The molecule has 0 unspecified atom stereocenters. The minimum Gasteiger partial charge on any atom is -0.481 e. The lowest BCUT2D eigenvalue weighted by molar-refractivity contribution is -0.134. The van der Waals surface area contributed by atoms with Crippen LogP contribution in [0.1, 0.15) is 6.92 Å². The van der Waals surface area contributed by atoms with Gasteiger partial charge < -0.3 is 25.2 Å². The minimum atomic E-state index is -0.833. The summed E-state index contributed by atoms with van der Waals surface area (Å²) >= 11 is 5.86. The number of fused-ring (bicyclic) bond motifs is 1. The molecule has 0 aliphatic carbocycles. The van der Waals surface area contributed by atoms with Gasteiger partial charge in [-0.25, -0.2) is 0 Å². The molecular formula is C10H12ClN3O5. The van der Waals surface area contributed by atoms with E-state index in [1.54, 1.807) is 12.1 Å². The van der Waals surface area contributed by atoms with Crippen LogP contribution in [0.2, 0.25) is 5.02 Å². The molecule has 2 rings (SSSR count).